The average Bonchev–Trinajstić information content (AvgIpc) is 2.83. The maximum absolute atomic E-state index is 12.7. The second kappa shape index (κ2) is 3.51. The molecule has 0 aromatic heterocycles. The van der Waals surface area contributed by atoms with Crippen LogP contribution >= 0.6 is 15.9 Å². The Bertz CT molecular complexity index is 350. The lowest BCUT2D eigenvalue weighted by molar-refractivity contribution is 0.201. The summed E-state index contributed by atoms with van der Waals surface area (Å²) in [6.45, 7) is 3.20. The van der Waals surface area contributed by atoms with Crippen molar-refractivity contribution in [3.05, 3.63) is 28.5 Å². The summed E-state index contributed by atoms with van der Waals surface area (Å²) in [5.41, 5.74) is -0.145. The van der Waals surface area contributed by atoms with Crippen molar-refractivity contribution in [1.29, 1.82) is 0 Å². The molecule has 1 aliphatic heterocycles. The number of benzene rings is 1. The molecule has 0 spiro atoms. The van der Waals surface area contributed by atoms with E-state index in [2.05, 4.69) is 15.9 Å². The van der Waals surface area contributed by atoms with Gasteiger partial charge >= 0.3 is 0 Å². The lowest BCUT2D eigenvalue weighted by atomic mass is 10.2. The smallest absolute Gasteiger partial charge is 0.133 e. The summed E-state index contributed by atoms with van der Waals surface area (Å²) in [7, 11) is 0. The van der Waals surface area contributed by atoms with E-state index in [0.717, 1.165) is 6.61 Å². The quantitative estimate of drug-likeness (QED) is 0.780. The summed E-state index contributed by atoms with van der Waals surface area (Å²) >= 11 is 3.23. The molecule has 1 unspecified atom stereocenters. The molecule has 4 heteroatoms. The molecule has 0 aliphatic carbocycles. The maximum Gasteiger partial charge on any atom is 0.133 e. The normalized spacial score (nSPS) is 24.8. The summed E-state index contributed by atoms with van der Waals surface area (Å²) in [5.74, 6) is 0.362. The fraction of sp³-hybridized carbons (Fsp3) is 0.400. The monoisotopic (exact) mass is 260 g/mol. The third kappa shape index (κ3) is 2.25. The summed E-state index contributed by atoms with van der Waals surface area (Å²) in [6, 6.07) is 4.35. The van der Waals surface area contributed by atoms with E-state index >= 15 is 0 Å². The molecule has 1 atom stereocenters. The topological polar surface area (TPSA) is 21.8 Å². The van der Waals surface area contributed by atoms with Crippen molar-refractivity contribution in [2.45, 2.75) is 12.5 Å². The van der Waals surface area contributed by atoms with E-state index in [-0.39, 0.29) is 11.4 Å². The van der Waals surface area contributed by atoms with Crippen molar-refractivity contribution in [3.63, 3.8) is 0 Å². The summed E-state index contributed by atoms with van der Waals surface area (Å²) in [4.78, 5) is 0. The van der Waals surface area contributed by atoms with Gasteiger partial charge in [0.15, 0.2) is 0 Å². The molecule has 0 bridgehead atoms. The van der Waals surface area contributed by atoms with Crippen LogP contribution in [0.15, 0.2) is 22.7 Å². The minimum Gasteiger partial charge on any atom is -0.489 e. The van der Waals surface area contributed by atoms with Crippen LogP contribution in [-0.2, 0) is 4.74 Å². The van der Waals surface area contributed by atoms with Crippen LogP contribution in [0.5, 0.6) is 5.75 Å². The fourth-order valence-corrected chi connectivity index (χ4v) is 1.49. The van der Waals surface area contributed by atoms with Gasteiger partial charge in [0.25, 0.3) is 0 Å². The van der Waals surface area contributed by atoms with Gasteiger partial charge in [0.05, 0.1) is 11.1 Å². The minimum atomic E-state index is -0.280. The molecule has 1 fully saturated rings. The van der Waals surface area contributed by atoms with Crippen LogP contribution in [0.3, 0.4) is 0 Å². The molecule has 0 amide bonds. The summed E-state index contributed by atoms with van der Waals surface area (Å²) in [5, 5.41) is 0. The van der Waals surface area contributed by atoms with Crippen LogP contribution in [0.2, 0.25) is 0 Å². The van der Waals surface area contributed by atoms with Gasteiger partial charge in [-0.2, -0.15) is 0 Å². The third-order valence-corrected chi connectivity index (χ3v) is 2.68. The zero-order valence-corrected chi connectivity index (χ0v) is 9.30. The first-order valence-electron chi connectivity index (χ1n) is 4.31. The van der Waals surface area contributed by atoms with Crippen LogP contribution in [0.4, 0.5) is 4.39 Å². The van der Waals surface area contributed by atoms with Gasteiger partial charge in [-0.25, -0.2) is 4.39 Å². The highest BCUT2D eigenvalue weighted by atomic mass is 79.9. The van der Waals surface area contributed by atoms with Crippen molar-refractivity contribution in [1.82, 2.24) is 0 Å². The molecule has 0 saturated carbocycles. The van der Waals surface area contributed by atoms with Crippen molar-refractivity contribution < 1.29 is 13.9 Å². The molecule has 0 radical (unpaired) electrons. The molecular weight excluding hydrogens is 251 g/mol. The highest BCUT2D eigenvalue weighted by Gasteiger charge is 2.40. The van der Waals surface area contributed by atoms with Gasteiger partial charge in [-0.1, -0.05) is 0 Å². The second-order valence-corrected chi connectivity index (χ2v) is 4.46. The van der Waals surface area contributed by atoms with E-state index < -0.39 is 0 Å². The molecular formula is C10H10BrFO2. The molecule has 2 rings (SSSR count). The molecule has 2 nitrogen and oxygen atoms in total. The molecule has 1 aliphatic rings. The Morgan fingerprint density at radius 2 is 2.36 bits per heavy atom. The van der Waals surface area contributed by atoms with Crippen LogP contribution in [0.1, 0.15) is 6.92 Å². The van der Waals surface area contributed by atoms with Crippen LogP contribution < -0.4 is 4.74 Å². The summed E-state index contributed by atoms with van der Waals surface area (Å²) < 4.78 is 24.0. The number of hydrogen-bond donors (Lipinski definition) is 0. The van der Waals surface area contributed by atoms with Gasteiger partial charge in [-0.15, -0.1) is 0 Å². The van der Waals surface area contributed by atoms with Gasteiger partial charge < -0.3 is 9.47 Å². The van der Waals surface area contributed by atoms with Gasteiger partial charge in [-0.3, -0.25) is 0 Å². The number of hydrogen-bond acceptors (Lipinski definition) is 2. The first-order chi connectivity index (χ1) is 6.59. The Morgan fingerprint density at radius 3 is 2.93 bits per heavy atom. The van der Waals surface area contributed by atoms with Crippen molar-refractivity contribution in [2.75, 3.05) is 13.2 Å². The van der Waals surface area contributed by atoms with Crippen molar-refractivity contribution >= 4 is 15.9 Å². The average molecular weight is 261 g/mol. The Labute approximate surface area is 90.1 Å². The molecule has 1 aromatic carbocycles. The zero-order chi connectivity index (χ0) is 10.2. The Balaban J connectivity index is 2.02. The highest BCUT2D eigenvalue weighted by molar-refractivity contribution is 9.10. The molecule has 0 N–H and O–H groups in total. The SMILES string of the molecule is CC1(COc2ccc(F)cc2Br)CO1. The van der Waals surface area contributed by atoms with E-state index in [1.54, 1.807) is 6.07 Å². The lowest BCUT2D eigenvalue weighted by Crippen LogP contribution is -2.17. The molecule has 1 aromatic rings. The van der Waals surface area contributed by atoms with Crippen LogP contribution in [0.25, 0.3) is 0 Å². The van der Waals surface area contributed by atoms with E-state index in [4.69, 9.17) is 9.47 Å². The second-order valence-electron chi connectivity index (χ2n) is 3.60. The number of rotatable bonds is 3. The van der Waals surface area contributed by atoms with E-state index in [1.165, 1.54) is 12.1 Å². The third-order valence-electron chi connectivity index (χ3n) is 2.06. The van der Waals surface area contributed by atoms with Gasteiger partial charge in [0.2, 0.25) is 0 Å². The van der Waals surface area contributed by atoms with Crippen molar-refractivity contribution in [2.24, 2.45) is 0 Å². The predicted octanol–water partition coefficient (Wildman–Crippen LogP) is 2.76. The van der Waals surface area contributed by atoms with E-state index in [0.29, 0.717) is 16.8 Å². The Hall–Kier alpha value is -0.610. The Morgan fingerprint density at radius 1 is 1.64 bits per heavy atom. The van der Waals surface area contributed by atoms with Gasteiger partial charge in [0.1, 0.15) is 23.8 Å². The van der Waals surface area contributed by atoms with Gasteiger partial charge in [0, 0.05) is 0 Å². The zero-order valence-electron chi connectivity index (χ0n) is 7.72. The molecule has 76 valence electrons. The standard InChI is InChI=1S/C10H10BrFO2/c1-10(6-14-10)5-13-9-3-2-7(12)4-8(9)11/h2-4H,5-6H2,1H3. The predicted molar refractivity (Wildman–Crippen MR) is 54.0 cm³/mol. The highest BCUT2D eigenvalue weighted by Crippen LogP contribution is 2.30. The Kier molecular flexibility index (Phi) is 2.49. The van der Waals surface area contributed by atoms with Crippen LogP contribution in [-0.4, -0.2) is 18.8 Å². The van der Waals surface area contributed by atoms with Crippen LogP contribution in [0, 0.1) is 5.82 Å². The first-order valence-corrected chi connectivity index (χ1v) is 5.10. The number of halogens is 2. The van der Waals surface area contributed by atoms with E-state index in [9.17, 15) is 4.39 Å². The fourth-order valence-electron chi connectivity index (χ4n) is 1.03. The minimum absolute atomic E-state index is 0.145. The van der Waals surface area contributed by atoms with Gasteiger partial charge in [-0.05, 0) is 41.1 Å². The maximum atomic E-state index is 12.7. The molecule has 1 saturated heterocycles. The van der Waals surface area contributed by atoms with Crippen molar-refractivity contribution in [3.8, 4) is 5.75 Å². The largest absolute Gasteiger partial charge is 0.489 e. The lowest BCUT2D eigenvalue weighted by Gasteiger charge is -2.10. The summed E-state index contributed by atoms with van der Waals surface area (Å²) in [6.07, 6.45) is 0. The number of epoxide rings is 1. The molecule has 14 heavy (non-hydrogen) atoms. The number of ether oxygens (including phenoxy) is 2. The molecule has 1 heterocycles. The first kappa shape index (κ1) is 9.93. The van der Waals surface area contributed by atoms with E-state index in [1.807, 2.05) is 6.92 Å².